The summed E-state index contributed by atoms with van der Waals surface area (Å²) in [7, 11) is -4.21. The van der Waals surface area contributed by atoms with Gasteiger partial charge in [0.05, 0.1) is 37.7 Å². The third kappa shape index (κ3) is 12.5. The number of methoxy groups -OCH3 is 1. The van der Waals surface area contributed by atoms with Crippen molar-refractivity contribution in [3.63, 3.8) is 0 Å². The van der Waals surface area contributed by atoms with Crippen LogP contribution in [0.1, 0.15) is 49.1 Å². The molecule has 2 aromatic carbocycles. The summed E-state index contributed by atoms with van der Waals surface area (Å²) in [6.07, 6.45) is 2.02. The third-order valence-electron chi connectivity index (χ3n) is 7.38. The number of carbonyl (C=O) groups excluding carboxylic acids is 1. The molecular weight excluding hydrogens is 585 g/mol. The van der Waals surface area contributed by atoms with Crippen LogP contribution in [0.2, 0.25) is 19.6 Å². The Morgan fingerprint density at radius 3 is 2.23 bits per heavy atom. The molecule has 1 aliphatic carbocycles. The normalized spacial score (nSPS) is 18.5. The molecule has 1 fully saturated rings. The highest BCUT2D eigenvalue weighted by atomic mass is 32.2. The lowest BCUT2D eigenvalue weighted by molar-refractivity contribution is -0.114. The molecule has 2 unspecified atom stereocenters. The smallest absolute Gasteiger partial charge is 0.405 e. The number of ketones is 1. The molecule has 11 heteroatoms. The highest BCUT2D eigenvalue weighted by molar-refractivity contribution is 7.89. The zero-order valence-electron chi connectivity index (χ0n) is 25.5. The first-order chi connectivity index (χ1) is 20.3. The van der Waals surface area contributed by atoms with Crippen molar-refractivity contribution in [2.24, 2.45) is 0 Å². The number of rotatable bonds is 14. The molecule has 43 heavy (non-hydrogen) atoms. The Morgan fingerprint density at radius 2 is 1.65 bits per heavy atom. The van der Waals surface area contributed by atoms with Gasteiger partial charge in [-0.25, -0.2) is 17.9 Å². The number of ether oxygens (including phenoxy) is 2. The van der Waals surface area contributed by atoms with Crippen LogP contribution in [-0.2, 0) is 26.0 Å². The van der Waals surface area contributed by atoms with Crippen molar-refractivity contribution in [3.8, 4) is 17.2 Å². The van der Waals surface area contributed by atoms with Gasteiger partial charge in [-0.2, -0.15) is 0 Å². The highest BCUT2D eigenvalue weighted by Gasteiger charge is 2.31. The molecule has 1 aliphatic rings. The van der Waals surface area contributed by atoms with Crippen molar-refractivity contribution in [1.82, 2.24) is 10.0 Å². The van der Waals surface area contributed by atoms with Gasteiger partial charge in [-0.15, -0.1) is 5.54 Å². The Balaban J connectivity index is 1.71. The molecule has 0 aliphatic heterocycles. The van der Waals surface area contributed by atoms with Gasteiger partial charge >= 0.3 is 6.09 Å². The van der Waals surface area contributed by atoms with E-state index in [4.69, 9.17) is 9.47 Å². The lowest BCUT2D eigenvalue weighted by Crippen LogP contribution is -2.55. The summed E-state index contributed by atoms with van der Waals surface area (Å²) < 4.78 is 40.3. The van der Waals surface area contributed by atoms with Gasteiger partial charge in [0.15, 0.2) is 0 Å². The van der Waals surface area contributed by atoms with Gasteiger partial charge in [-0.05, 0) is 67.2 Å². The number of nitrogens with one attached hydrogen (secondary N) is 2. The van der Waals surface area contributed by atoms with E-state index in [9.17, 15) is 23.1 Å². The fourth-order valence-electron chi connectivity index (χ4n) is 5.05. The second-order valence-electron chi connectivity index (χ2n) is 12.0. The molecule has 2 aromatic rings. The van der Waals surface area contributed by atoms with Crippen LogP contribution in [0.4, 0.5) is 4.79 Å². The number of carbonyl (C=O) groups is 2. The molecule has 0 saturated heterocycles. The molecule has 0 aromatic heterocycles. The number of aryl methyl sites for hydroxylation is 1. The molecule has 1 amide bonds. The minimum atomic E-state index is -3.91. The predicted octanol–water partition coefficient (Wildman–Crippen LogP) is 4.74. The minimum absolute atomic E-state index is 0.0760. The maximum atomic E-state index is 13.2. The Morgan fingerprint density at radius 1 is 1.00 bits per heavy atom. The van der Waals surface area contributed by atoms with E-state index in [1.807, 2.05) is 37.8 Å². The van der Waals surface area contributed by atoms with Crippen LogP contribution in [0.5, 0.6) is 5.75 Å². The lowest BCUT2D eigenvalue weighted by Gasteiger charge is -2.32. The first kappa shape index (κ1) is 34.3. The van der Waals surface area contributed by atoms with Crippen LogP contribution in [0.3, 0.4) is 0 Å². The fraction of sp³-hybridized carbons (Fsp3) is 0.500. The predicted molar refractivity (Wildman–Crippen MR) is 170 cm³/mol. The number of hydrogen-bond donors (Lipinski definition) is 3. The highest BCUT2D eigenvalue weighted by Crippen LogP contribution is 2.34. The Bertz CT molecular complexity index is 1360. The van der Waals surface area contributed by atoms with E-state index in [-0.39, 0.29) is 31.3 Å². The topological polar surface area (TPSA) is 131 Å². The molecule has 234 valence electrons. The summed E-state index contributed by atoms with van der Waals surface area (Å²) in [6.45, 7) is 5.93. The Hall–Kier alpha value is -3.17. The van der Waals surface area contributed by atoms with E-state index in [0.717, 1.165) is 31.2 Å². The standard InChI is InChI=1S/C32H44N2O7SSi/c1-40-28-14-10-24(11-15-28)18-20-42(38,39)34-30(22-27(35)19-21-43(2,3)4)31(33-32(36)37)23-41-29-16-12-26(13-17-29)25-8-6-5-7-9-25/h5-11,14-15,26,29-31,33-34H,12-13,16-18,20,22-23H2,1-4H3,(H,36,37)/t26-,29+,30?,31?. The number of sulfonamides is 1. The van der Waals surface area contributed by atoms with Crippen LogP contribution in [-0.4, -0.2) is 71.1 Å². The average Bonchev–Trinajstić information content (AvgIpc) is 2.97. The molecule has 0 bridgehead atoms. The molecule has 0 radical (unpaired) electrons. The van der Waals surface area contributed by atoms with Gasteiger partial charge in [0.1, 0.15) is 13.8 Å². The van der Waals surface area contributed by atoms with E-state index in [1.165, 1.54) is 5.56 Å². The summed E-state index contributed by atoms with van der Waals surface area (Å²) in [5.74, 6) is 3.07. The quantitative estimate of drug-likeness (QED) is 0.203. The molecule has 3 N–H and O–H groups in total. The molecule has 1 saturated carbocycles. The van der Waals surface area contributed by atoms with Gasteiger partial charge < -0.3 is 19.9 Å². The van der Waals surface area contributed by atoms with Crippen molar-refractivity contribution in [2.75, 3.05) is 19.5 Å². The summed E-state index contributed by atoms with van der Waals surface area (Å²) in [4.78, 5) is 24.7. The number of benzene rings is 2. The second-order valence-corrected chi connectivity index (χ2v) is 18.7. The number of Topliss-reactive ketones (excluding diaryl/α,β-unsaturated/α-hetero) is 1. The van der Waals surface area contributed by atoms with E-state index in [2.05, 4.69) is 33.6 Å². The lowest BCUT2D eigenvalue weighted by atomic mass is 9.83. The van der Waals surface area contributed by atoms with E-state index in [0.29, 0.717) is 11.7 Å². The molecule has 3 rings (SSSR count). The molecule has 0 spiro atoms. The van der Waals surface area contributed by atoms with Crippen LogP contribution >= 0.6 is 0 Å². The minimum Gasteiger partial charge on any atom is -0.497 e. The van der Waals surface area contributed by atoms with Crippen molar-refractivity contribution in [1.29, 1.82) is 0 Å². The number of hydrogen-bond acceptors (Lipinski definition) is 6. The maximum absolute atomic E-state index is 13.2. The van der Waals surface area contributed by atoms with Crippen LogP contribution in [0.15, 0.2) is 54.6 Å². The van der Waals surface area contributed by atoms with E-state index in [1.54, 1.807) is 31.4 Å². The van der Waals surface area contributed by atoms with Crippen molar-refractivity contribution in [2.45, 2.75) is 82.3 Å². The number of amides is 1. The summed E-state index contributed by atoms with van der Waals surface area (Å²) in [5.41, 5.74) is 5.11. The largest absolute Gasteiger partial charge is 0.497 e. The third-order valence-corrected chi connectivity index (χ3v) is 9.66. The Kier molecular flexibility index (Phi) is 12.8. The molecule has 9 nitrogen and oxygen atoms in total. The van der Waals surface area contributed by atoms with Gasteiger partial charge in [-0.3, -0.25) is 4.79 Å². The van der Waals surface area contributed by atoms with Crippen molar-refractivity contribution < 1.29 is 32.6 Å². The van der Waals surface area contributed by atoms with Gasteiger partial charge in [0.2, 0.25) is 15.8 Å². The van der Waals surface area contributed by atoms with Crippen molar-refractivity contribution >= 4 is 30.0 Å². The average molecular weight is 629 g/mol. The van der Waals surface area contributed by atoms with Crippen LogP contribution in [0.25, 0.3) is 0 Å². The maximum Gasteiger partial charge on any atom is 0.405 e. The first-order valence-electron chi connectivity index (χ1n) is 14.7. The monoisotopic (exact) mass is 628 g/mol. The summed E-state index contributed by atoms with van der Waals surface area (Å²) in [6, 6.07) is 15.4. The zero-order chi connectivity index (χ0) is 31.5. The first-order valence-corrected chi connectivity index (χ1v) is 19.8. The summed E-state index contributed by atoms with van der Waals surface area (Å²) in [5, 5.41) is 12.0. The molecule has 0 heterocycles. The fourth-order valence-corrected chi connectivity index (χ4v) is 6.90. The SMILES string of the molecule is COc1ccc(CCS(=O)(=O)NC(CC(=O)C#C[Si](C)(C)C)C(CO[C@H]2CC[C@@H](c3ccccc3)CC2)NC(=O)O)cc1. The second kappa shape index (κ2) is 16.1. The van der Waals surface area contributed by atoms with Crippen molar-refractivity contribution in [3.05, 3.63) is 65.7 Å². The molecule has 2 atom stereocenters. The van der Waals surface area contributed by atoms with E-state index >= 15 is 0 Å². The number of carboxylic acid groups (broad SMARTS) is 1. The Labute approximate surface area is 256 Å². The zero-order valence-corrected chi connectivity index (χ0v) is 27.3. The molecular formula is C32H44N2O7SSi. The van der Waals surface area contributed by atoms with Gasteiger partial charge in [0, 0.05) is 6.42 Å². The van der Waals surface area contributed by atoms with Gasteiger partial charge in [0.25, 0.3) is 0 Å². The van der Waals surface area contributed by atoms with E-state index < -0.39 is 42.1 Å². The summed E-state index contributed by atoms with van der Waals surface area (Å²) >= 11 is 0. The van der Waals surface area contributed by atoms with Crippen LogP contribution in [0, 0.1) is 11.5 Å². The van der Waals surface area contributed by atoms with Gasteiger partial charge in [-0.1, -0.05) is 62.1 Å². The van der Waals surface area contributed by atoms with Crippen LogP contribution < -0.4 is 14.8 Å².